The smallest absolute Gasteiger partial charge is 0.313 e. The largest absolute Gasteiger partial charge is 0.497 e. The van der Waals surface area contributed by atoms with Crippen molar-refractivity contribution in [2.24, 2.45) is 0 Å². The van der Waals surface area contributed by atoms with Gasteiger partial charge in [0.1, 0.15) is 11.3 Å². The molecule has 3 aromatic rings. The lowest BCUT2D eigenvalue weighted by Gasteiger charge is -2.12. The molecule has 0 atom stereocenters. The summed E-state index contributed by atoms with van der Waals surface area (Å²) in [5.41, 5.74) is 2.25. The Morgan fingerprint density at radius 3 is 2.48 bits per heavy atom. The Bertz CT molecular complexity index is 839. The van der Waals surface area contributed by atoms with Crippen LogP contribution in [0, 0.1) is 0 Å². The standard InChI is InChI=1S/C18H17NO4/c1-19(22-3)18(20)17-16(12-7-5-4-6-8-12)14-10-9-13(21-2)11-15(14)23-17/h4-11H,1-3H3. The van der Waals surface area contributed by atoms with E-state index in [1.807, 2.05) is 42.5 Å². The number of furan rings is 1. The first-order chi connectivity index (χ1) is 11.2. The fraction of sp³-hybridized carbons (Fsp3) is 0.167. The van der Waals surface area contributed by atoms with E-state index in [1.54, 1.807) is 20.2 Å². The molecular weight excluding hydrogens is 294 g/mol. The number of hydroxylamine groups is 2. The minimum Gasteiger partial charge on any atom is -0.497 e. The first kappa shape index (κ1) is 15.1. The zero-order valence-electron chi connectivity index (χ0n) is 13.2. The molecule has 3 rings (SSSR count). The van der Waals surface area contributed by atoms with Crippen LogP contribution < -0.4 is 4.74 Å². The third-order valence-corrected chi connectivity index (χ3v) is 3.71. The van der Waals surface area contributed by atoms with E-state index < -0.39 is 0 Å². The molecular formula is C18H17NO4. The number of rotatable bonds is 4. The van der Waals surface area contributed by atoms with Crippen LogP contribution in [0.25, 0.3) is 22.1 Å². The summed E-state index contributed by atoms with van der Waals surface area (Å²) in [6, 6.07) is 15.2. The molecule has 5 heteroatoms. The summed E-state index contributed by atoms with van der Waals surface area (Å²) in [7, 11) is 4.57. The van der Waals surface area contributed by atoms with Crippen molar-refractivity contribution in [3.63, 3.8) is 0 Å². The molecule has 0 aliphatic carbocycles. The molecule has 0 saturated carbocycles. The molecule has 0 radical (unpaired) electrons. The fourth-order valence-corrected chi connectivity index (χ4v) is 2.47. The van der Waals surface area contributed by atoms with Gasteiger partial charge in [-0.3, -0.25) is 9.63 Å². The molecule has 0 N–H and O–H groups in total. The minimum atomic E-state index is -0.346. The average Bonchev–Trinajstić information content (AvgIpc) is 2.99. The van der Waals surface area contributed by atoms with E-state index in [2.05, 4.69) is 0 Å². The minimum absolute atomic E-state index is 0.240. The summed E-state index contributed by atoms with van der Waals surface area (Å²) >= 11 is 0. The van der Waals surface area contributed by atoms with Crippen LogP contribution in [0.2, 0.25) is 0 Å². The predicted octanol–water partition coefficient (Wildman–Crippen LogP) is 3.74. The first-order valence-corrected chi connectivity index (χ1v) is 7.14. The Kier molecular flexibility index (Phi) is 4.04. The van der Waals surface area contributed by atoms with E-state index in [0.29, 0.717) is 11.3 Å². The molecule has 2 aromatic carbocycles. The van der Waals surface area contributed by atoms with Gasteiger partial charge in [0.05, 0.1) is 14.2 Å². The maximum atomic E-state index is 12.6. The summed E-state index contributed by atoms with van der Waals surface area (Å²) in [5, 5.41) is 1.99. The molecule has 5 nitrogen and oxygen atoms in total. The fourth-order valence-electron chi connectivity index (χ4n) is 2.47. The number of ether oxygens (including phenoxy) is 1. The van der Waals surface area contributed by atoms with Gasteiger partial charge in [0, 0.05) is 24.1 Å². The van der Waals surface area contributed by atoms with Gasteiger partial charge in [-0.2, -0.15) is 0 Å². The molecule has 118 valence electrons. The number of carbonyl (C=O) groups excluding carboxylic acids is 1. The molecule has 0 spiro atoms. The van der Waals surface area contributed by atoms with E-state index >= 15 is 0 Å². The molecule has 1 heterocycles. The van der Waals surface area contributed by atoms with Crippen molar-refractivity contribution < 1.29 is 18.8 Å². The van der Waals surface area contributed by atoms with Crippen molar-refractivity contribution in [1.29, 1.82) is 0 Å². The van der Waals surface area contributed by atoms with Crippen LogP contribution in [0.15, 0.2) is 52.9 Å². The Hall–Kier alpha value is -2.79. The summed E-state index contributed by atoms with van der Waals surface area (Å²) in [5.74, 6) is 0.565. The van der Waals surface area contributed by atoms with E-state index in [1.165, 1.54) is 7.11 Å². The number of carbonyl (C=O) groups is 1. The average molecular weight is 311 g/mol. The molecule has 0 fully saturated rings. The first-order valence-electron chi connectivity index (χ1n) is 7.14. The van der Waals surface area contributed by atoms with Gasteiger partial charge in [0.15, 0.2) is 0 Å². The van der Waals surface area contributed by atoms with Crippen molar-refractivity contribution >= 4 is 16.9 Å². The molecule has 0 bridgehead atoms. The number of hydrogen-bond acceptors (Lipinski definition) is 4. The van der Waals surface area contributed by atoms with Crippen molar-refractivity contribution in [1.82, 2.24) is 5.06 Å². The molecule has 1 aromatic heterocycles. The van der Waals surface area contributed by atoms with Gasteiger partial charge in [-0.1, -0.05) is 30.3 Å². The van der Waals surface area contributed by atoms with E-state index in [-0.39, 0.29) is 11.7 Å². The lowest BCUT2D eigenvalue weighted by atomic mass is 10.0. The topological polar surface area (TPSA) is 51.9 Å². The van der Waals surface area contributed by atoms with Crippen LogP contribution in [0.3, 0.4) is 0 Å². The van der Waals surface area contributed by atoms with Gasteiger partial charge in [-0.05, 0) is 17.7 Å². The molecule has 0 aliphatic rings. The predicted molar refractivity (Wildman–Crippen MR) is 87.3 cm³/mol. The number of hydrogen-bond donors (Lipinski definition) is 0. The Morgan fingerprint density at radius 2 is 1.83 bits per heavy atom. The van der Waals surface area contributed by atoms with Gasteiger partial charge in [-0.25, -0.2) is 5.06 Å². The monoisotopic (exact) mass is 311 g/mol. The highest BCUT2D eigenvalue weighted by molar-refractivity contribution is 6.07. The number of benzene rings is 2. The molecule has 0 aliphatic heterocycles. The lowest BCUT2D eigenvalue weighted by Crippen LogP contribution is -2.25. The Balaban J connectivity index is 2.27. The van der Waals surface area contributed by atoms with Gasteiger partial charge < -0.3 is 9.15 Å². The highest BCUT2D eigenvalue weighted by Crippen LogP contribution is 2.37. The maximum Gasteiger partial charge on any atom is 0.313 e. The molecule has 0 unspecified atom stereocenters. The highest BCUT2D eigenvalue weighted by atomic mass is 16.7. The third kappa shape index (κ3) is 2.66. The summed E-state index contributed by atoms with van der Waals surface area (Å²) in [4.78, 5) is 17.6. The Labute approximate surface area is 134 Å². The van der Waals surface area contributed by atoms with Crippen molar-refractivity contribution in [3.8, 4) is 16.9 Å². The highest BCUT2D eigenvalue weighted by Gasteiger charge is 2.24. The summed E-state index contributed by atoms with van der Waals surface area (Å²) in [6.07, 6.45) is 0. The molecule has 23 heavy (non-hydrogen) atoms. The van der Waals surface area contributed by atoms with Crippen molar-refractivity contribution in [2.75, 3.05) is 21.3 Å². The van der Waals surface area contributed by atoms with Crippen LogP contribution >= 0.6 is 0 Å². The number of methoxy groups -OCH3 is 1. The zero-order valence-corrected chi connectivity index (χ0v) is 13.2. The third-order valence-electron chi connectivity index (χ3n) is 3.71. The number of amides is 1. The Morgan fingerprint density at radius 1 is 1.09 bits per heavy atom. The van der Waals surface area contributed by atoms with E-state index in [0.717, 1.165) is 21.6 Å². The summed E-state index contributed by atoms with van der Waals surface area (Å²) in [6.45, 7) is 0. The van der Waals surface area contributed by atoms with Gasteiger partial charge in [0.2, 0.25) is 5.76 Å². The van der Waals surface area contributed by atoms with Gasteiger partial charge in [-0.15, -0.1) is 0 Å². The molecule has 0 saturated heterocycles. The zero-order chi connectivity index (χ0) is 16.4. The van der Waals surface area contributed by atoms with E-state index in [4.69, 9.17) is 14.0 Å². The van der Waals surface area contributed by atoms with Gasteiger partial charge >= 0.3 is 5.91 Å². The van der Waals surface area contributed by atoms with Crippen LogP contribution in [0.5, 0.6) is 5.75 Å². The van der Waals surface area contributed by atoms with Crippen molar-refractivity contribution in [3.05, 3.63) is 54.3 Å². The number of fused-ring (bicyclic) bond motifs is 1. The SMILES string of the molecule is COc1ccc2c(-c3ccccc3)c(C(=O)N(C)OC)oc2c1. The lowest BCUT2D eigenvalue weighted by molar-refractivity contribution is -0.0771. The second-order valence-electron chi connectivity index (χ2n) is 5.02. The maximum absolute atomic E-state index is 12.6. The van der Waals surface area contributed by atoms with Crippen LogP contribution in [-0.2, 0) is 4.84 Å². The molecule has 1 amide bonds. The second kappa shape index (κ2) is 6.14. The van der Waals surface area contributed by atoms with Crippen LogP contribution in [-0.4, -0.2) is 32.2 Å². The summed E-state index contributed by atoms with van der Waals surface area (Å²) < 4.78 is 11.1. The second-order valence-corrected chi connectivity index (χ2v) is 5.02. The quantitative estimate of drug-likeness (QED) is 0.689. The van der Waals surface area contributed by atoms with Crippen LogP contribution in [0.4, 0.5) is 0 Å². The number of nitrogens with zero attached hydrogens (tertiary/aromatic N) is 1. The normalized spacial score (nSPS) is 10.7. The van der Waals surface area contributed by atoms with Crippen molar-refractivity contribution in [2.45, 2.75) is 0 Å². The van der Waals surface area contributed by atoms with Gasteiger partial charge in [0.25, 0.3) is 0 Å². The van der Waals surface area contributed by atoms with Crippen LogP contribution in [0.1, 0.15) is 10.6 Å². The van der Waals surface area contributed by atoms with E-state index in [9.17, 15) is 4.79 Å².